The number of pyridine rings is 1. The molecule has 3 aromatic rings. The number of rotatable bonds is 5. The molecule has 28 heavy (non-hydrogen) atoms. The molecule has 2 heterocycles. The fraction of sp³-hybridized carbons (Fsp3) is 0.292. The van der Waals surface area contributed by atoms with E-state index in [0.29, 0.717) is 6.04 Å². The van der Waals surface area contributed by atoms with Crippen LogP contribution in [0.3, 0.4) is 0 Å². The van der Waals surface area contributed by atoms with Gasteiger partial charge in [-0.25, -0.2) is 4.31 Å². The minimum Gasteiger partial charge on any atom is -0.305 e. The Hall–Kier alpha value is -2.14. The number of aromatic nitrogens is 1. The first kappa shape index (κ1) is 17.9. The van der Waals surface area contributed by atoms with Crippen molar-refractivity contribution in [3.8, 4) is 0 Å². The smallest absolute Gasteiger partial charge is 0.0605 e. The quantitative estimate of drug-likeness (QED) is 0.604. The van der Waals surface area contributed by atoms with Gasteiger partial charge in [0.2, 0.25) is 0 Å². The molecule has 0 amide bonds. The topological polar surface area (TPSA) is 28.2 Å². The molecule has 3 nitrogen and oxygen atoms in total. The van der Waals surface area contributed by atoms with Crippen LogP contribution in [0.25, 0.3) is 0 Å². The second-order valence-corrected chi connectivity index (χ2v) is 8.85. The van der Waals surface area contributed by atoms with Gasteiger partial charge in [0.05, 0.1) is 11.7 Å². The van der Waals surface area contributed by atoms with E-state index in [2.05, 4.69) is 75.3 Å². The van der Waals surface area contributed by atoms with E-state index in [-0.39, 0.29) is 0 Å². The SMILES string of the molecule is c1ccc2c(c1)CN(Sc1ccc(CNC3CCCc4cccnc43)cc1)C2. The van der Waals surface area contributed by atoms with Crippen molar-refractivity contribution in [2.24, 2.45) is 0 Å². The van der Waals surface area contributed by atoms with E-state index in [1.807, 2.05) is 18.1 Å². The van der Waals surface area contributed by atoms with Crippen LogP contribution >= 0.6 is 11.9 Å². The Morgan fingerprint density at radius 3 is 2.46 bits per heavy atom. The average Bonchev–Trinajstić information content (AvgIpc) is 3.15. The molecule has 1 aromatic heterocycles. The van der Waals surface area contributed by atoms with Crippen molar-refractivity contribution in [3.05, 3.63) is 94.8 Å². The third kappa shape index (κ3) is 3.86. The second kappa shape index (κ2) is 8.08. The number of benzene rings is 2. The summed E-state index contributed by atoms with van der Waals surface area (Å²) in [5, 5.41) is 3.72. The highest BCUT2D eigenvalue weighted by Crippen LogP contribution is 2.33. The molecule has 2 aliphatic rings. The van der Waals surface area contributed by atoms with Crippen molar-refractivity contribution < 1.29 is 0 Å². The molecule has 0 saturated heterocycles. The van der Waals surface area contributed by atoms with Crippen molar-refractivity contribution in [1.82, 2.24) is 14.6 Å². The zero-order valence-corrected chi connectivity index (χ0v) is 16.8. The monoisotopic (exact) mass is 387 g/mol. The van der Waals surface area contributed by atoms with Gasteiger partial charge in [-0.15, -0.1) is 0 Å². The summed E-state index contributed by atoms with van der Waals surface area (Å²) in [6.07, 6.45) is 5.49. The Morgan fingerprint density at radius 2 is 1.68 bits per heavy atom. The fourth-order valence-electron chi connectivity index (χ4n) is 4.23. The lowest BCUT2D eigenvalue weighted by Gasteiger charge is -2.25. The number of hydrogen-bond acceptors (Lipinski definition) is 4. The van der Waals surface area contributed by atoms with Crippen molar-refractivity contribution in [1.29, 1.82) is 0 Å². The zero-order valence-electron chi connectivity index (χ0n) is 16.0. The molecule has 1 N–H and O–H groups in total. The summed E-state index contributed by atoms with van der Waals surface area (Å²) in [7, 11) is 0. The molecule has 1 unspecified atom stereocenters. The lowest BCUT2D eigenvalue weighted by atomic mass is 9.92. The summed E-state index contributed by atoms with van der Waals surface area (Å²) < 4.78 is 2.43. The molecule has 0 fully saturated rings. The van der Waals surface area contributed by atoms with Gasteiger partial charge in [-0.2, -0.15) is 0 Å². The number of hydrogen-bond donors (Lipinski definition) is 1. The number of nitrogens with zero attached hydrogens (tertiary/aromatic N) is 2. The molecule has 5 rings (SSSR count). The molecule has 0 bridgehead atoms. The third-order valence-corrected chi connectivity index (χ3v) is 6.72. The van der Waals surface area contributed by atoms with E-state index in [4.69, 9.17) is 0 Å². The van der Waals surface area contributed by atoms with Crippen LogP contribution in [0.15, 0.2) is 71.8 Å². The predicted molar refractivity (Wildman–Crippen MR) is 115 cm³/mol. The van der Waals surface area contributed by atoms with E-state index in [1.54, 1.807) is 0 Å². The van der Waals surface area contributed by atoms with E-state index >= 15 is 0 Å². The highest BCUT2D eigenvalue weighted by atomic mass is 32.2. The van der Waals surface area contributed by atoms with Gasteiger partial charge in [-0.1, -0.05) is 42.5 Å². The lowest BCUT2D eigenvalue weighted by Crippen LogP contribution is -2.25. The molecule has 1 aliphatic heterocycles. The van der Waals surface area contributed by atoms with Gasteiger partial charge in [0, 0.05) is 30.7 Å². The third-order valence-electron chi connectivity index (χ3n) is 5.72. The molecule has 0 spiro atoms. The normalized spacial score (nSPS) is 18.6. The van der Waals surface area contributed by atoms with Crippen molar-refractivity contribution >= 4 is 11.9 Å². The summed E-state index contributed by atoms with van der Waals surface area (Å²) in [5.41, 5.74) is 6.89. The molecule has 4 heteroatoms. The van der Waals surface area contributed by atoms with Crippen LogP contribution in [-0.2, 0) is 26.1 Å². The summed E-state index contributed by atoms with van der Waals surface area (Å²) in [6, 6.07) is 22.4. The Kier molecular flexibility index (Phi) is 5.17. The summed E-state index contributed by atoms with van der Waals surface area (Å²) >= 11 is 1.86. The number of aryl methyl sites for hydroxylation is 1. The van der Waals surface area contributed by atoms with Crippen LogP contribution in [0.5, 0.6) is 0 Å². The van der Waals surface area contributed by atoms with E-state index < -0.39 is 0 Å². The first-order valence-electron chi connectivity index (χ1n) is 10.1. The van der Waals surface area contributed by atoms with E-state index in [9.17, 15) is 0 Å². The van der Waals surface area contributed by atoms with Crippen molar-refractivity contribution in [2.45, 2.75) is 49.8 Å². The molecule has 1 aliphatic carbocycles. The second-order valence-electron chi connectivity index (χ2n) is 7.68. The summed E-state index contributed by atoms with van der Waals surface area (Å²) in [5.74, 6) is 0. The Labute approximate surface area is 171 Å². The Balaban J connectivity index is 1.18. The molecular weight excluding hydrogens is 362 g/mol. The van der Waals surface area contributed by atoms with Crippen LogP contribution in [0, 0.1) is 0 Å². The maximum absolute atomic E-state index is 4.63. The average molecular weight is 388 g/mol. The minimum absolute atomic E-state index is 0.377. The van der Waals surface area contributed by atoms with Crippen LogP contribution in [0.1, 0.15) is 46.8 Å². The minimum atomic E-state index is 0.377. The van der Waals surface area contributed by atoms with Gasteiger partial charge in [0.15, 0.2) is 0 Å². The molecule has 2 aromatic carbocycles. The van der Waals surface area contributed by atoms with Crippen molar-refractivity contribution in [3.63, 3.8) is 0 Å². The highest BCUT2D eigenvalue weighted by molar-refractivity contribution is 7.97. The number of nitrogens with one attached hydrogen (secondary N) is 1. The first-order valence-corrected chi connectivity index (χ1v) is 10.9. The predicted octanol–water partition coefficient (Wildman–Crippen LogP) is 5.27. The molecule has 0 radical (unpaired) electrons. The van der Waals surface area contributed by atoms with Gasteiger partial charge in [0.1, 0.15) is 0 Å². The molecular formula is C24H25N3S. The molecule has 1 atom stereocenters. The standard InChI is InChI=1S/C24H25N3S/c1-2-6-21-17-27(16-20(21)5-1)28-22-12-10-18(11-13-22)15-26-23-9-3-7-19-8-4-14-25-24(19)23/h1-2,4-6,8,10-14,23,26H,3,7,9,15-17H2. The van der Waals surface area contributed by atoms with Gasteiger partial charge < -0.3 is 5.32 Å². The van der Waals surface area contributed by atoms with E-state index in [0.717, 1.165) is 26.1 Å². The molecule has 0 saturated carbocycles. The van der Waals surface area contributed by atoms with Crippen LogP contribution < -0.4 is 5.32 Å². The zero-order chi connectivity index (χ0) is 18.8. The Morgan fingerprint density at radius 1 is 0.929 bits per heavy atom. The number of fused-ring (bicyclic) bond motifs is 2. The Bertz CT molecular complexity index is 929. The van der Waals surface area contributed by atoms with Crippen LogP contribution in [0.2, 0.25) is 0 Å². The largest absolute Gasteiger partial charge is 0.305 e. The summed E-state index contributed by atoms with van der Waals surface area (Å²) in [4.78, 5) is 5.94. The van der Waals surface area contributed by atoms with E-state index in [1.165, 1.54) is 45.7 Å². The van der Waals surface area contributed by atoms with Gasteiger partial charge in [0.25, 0.3) is 0 Å². The van der Waals surface area contributed by atoms with Gasteiger partial charge >= 0.3 is 0 Å². The maximum Gasteiger partial charge on any atom is 0.0605 e. The van der Waals surface area contributed by atoms with Crippen molar-refractivity contribution in [2.75, 3.05) is 0 Å². The molecule has 142 valence electrons. The highest BCUT2D eigenvalue weighted by Gasteiger charge is 2.21. The van der Waals surface area contributed by atoms with Crippen LogP contribution in [0.4, 0.5) is 0 Å². The first-order chi connectivity index (χ1) is 13.8. The van der Waals surface area contributed by atoms with Gasteiger partial charge in [-0.05, 0) is 71.7 Å². The maximum atomic E-state index is 4.63. The summed E-state index contributed by atoms with van der Waals surface area (Å²) in [6.45, 7) is 2.94. The van der Waals surface area contributed by atoms with Gasteiger partial charge in [-0.3, -0.25) is 4.98 Å². The fourth-order valence-corrected chi connectivity index (χ4v) is 5.20. The lowest BCUT2D eigenvalue weighted by molar-refractivity contribution is 0.447. The van der Waals surface area contributed by atoms with Crippen LogP contribution in [-0.4, -0.2) is 9.29 Å².